The molecule has 1 saturated heterocycles. The highest BCUT2D eigenvalue weighted by Crippen LogP contribution is 2.70. The van der Waals surface area contributed by atoms with Gasteiger partial charge in [-0.1, -0.05) is 52.5 Å². The van der Waals surface area contributed by atoms with Gasteiger partial charge in [0.05, 0.1) is 53.7 Å². The molecule has 0 radical (unpaired) electrons. The number of hydrogen-bond acceptors (Lipinski definition) is 11. The molecule has 6 rings (SSSR count). The standard InChI is InChI=1S/C43H71N3O8/c1-6-7-8-9-12-28-24-54-38(26(28)3)39(51)41(5,52)33-14-18-43(53)35-29(13-17-40(33,43)4)42(16-10-11-27-15-19-45-34(44)20-27)22-32(49)31(48)21-30(42)37(50)36(35)46-23-25(2)47/h15,20,25-26,28-33,38-39,45-49,51-53H,6-14,16-19,21-24,44H2,1-5H3/t25-,26-,28+,29-,30-,31+,32-,33-,38+,39+,40+,41+,42+,43+/m0/s1. The maximum atomic E-state index is 14.9. The fourth-order valence-electron chi connectivity index (χ4n) is 12.4. The largest absolute Gasteiger partial charge is 0.392 e. The average molecular weight is 758 g/mol. The van der Waals surface area contributed by atoms with Gasteiger partial charge in [0.15, 0.2) is 5.78 Å². The molecule has 11 nitrogen and oxygen atoms in total. The molecule has 6 aliphatic rings. The molecule has 11 heteroatoms. The van der Waals surface area contributed by atoms with Crippen LogP contribution in [0.3, 0.4) is 0 Å². The molecule has 4 fully saturated rings. The molecule has 2 aliphatic heterocycles. The summed E-state index contributed by atoms with van der Waals surface area (Å²) in [5.41, 5.74) is 3.43. The maximum absolute atomic E-state index is 14.9. The zero-order chi connectivity index (χ0) is 39.2. The first-order valence-corrected chi connectivity index (χ1v) is 21.2. The predicted molar refractivity (Wildman–Crippen MR) is 207 cm³/mol. The van der Waals surface area contributed by atoms with Crippen molar-refractivity contribution in [2.75, 3.05) is 19.7 Å². The number of nitrogens with one attached hydrogen (secondary N) is 2. The summed E-state index contributed by atoms with van der Waals surface area (Å²) in [4.78, 5) is 14.9. The van der Waals surface area contributed by atoms with Crippen molar-refractivity contribution in [3.63, 3.8) is 0 Å². The van der Waals surface area contributed by atoms with E-state index in [0.29, 0.717) is 68.3 Å². The Morgan fingerprint density at radius 1 is 1.11 bits per heavy atom. The van der Waals surface area contributed by atoms with Crippen molar-refractivity contribution in [3.8, 4) is 0 Å². The summed E-state index contributed by atoms with van der Waals surface area (Å²) in [5, 5.41) is 76.9. The van der Waals surface area contributed by atoms with Crippen molar-refractivity contribution in [1.29, 1.82) is 0 Å². The van der Waals surface area contributed by atoms with Crippen LogP contribution < -0.4 is 16.4 Å². The molecule has 0 bridgehead atoms. The summed E-state index contributed by atoms with van der Waals surface area (Å²) in [6, 6.07) is 0. The number of aliphatic hydroxyl groups excluding tert-OH is 4. The lowest BCUT2D eigenvalue weighted by atomic mass is 9.43. The number of carbonyl (C=O) groups excluding carboxylic acids is 1. The van der Waals surface area contributed by atoms with E-state index in [2.05, 4.69) is 30.6 Å². The van der Waals surface area contributed by atoms with Crippen molar-refractivity contribution in [2.45, 2.75) is 166 Å². The number of nitrogens with two attached hydrogens (primary N) is 1. The molecule has 0 aromatic carbocycles. The van der Waals surface area contributed by atoms with Gasteiger partial charge in [0.2, 0.25) is 0 Å². The minimum absolute atomic E-state index is 0.0734. The van der Waals surface area contributed by atoms with Gasteiger partial charge in [-0.3, -0.25) is 4.79 Å². The molecule has 2 heterocycles. The van der Waals surface area contributed by atoms with E-state index in [0.717, 1.165) is 31.3 Å². The number of ketones is 1. The van der Waals surface area contributed by atoms with Crippen LogP contribution in [-0.4, -0.2) is 97.8 Å². The van der Waals surface area contributed by atoms with E-state index in [4.69, 9.17) is 10.5 Å². The second-order valence-electron chi connectivity index (χ2n) is 18.8. The fourth-order valence-corrected chi connectivity index (χ4v) is 12.4. The lowest BCUT2D eigenvalue weighted by Crippen LogP contribution is -2.65. The van der Waals surface area contributed by atoms with Gasteiger partial charge in [-0.25, -0.2) is 0 Å². The molecule has 10 N–H and O–H groups in total. The summed E-state index contributed by atoms with van der Waals surface area (Å²) in [7, 11) is 0. The minimum atomic E-state index is -1.59. The van der Waals surface area contributed by atoms with E-state index in [1.807, 2.05) is 13.0 Å². The zero-order valence-electron chi connectivity index (χ0n) is 33.5. The van der Waals surface area contributed by atoms with Crippen LogP contribution in [-0.2, 0) is 9.53 Å². The quantitative estimate of drug-likeness (QED) is 0.111. The third-order valence-electron chi connectivity index (χ3n) is 15.5. The SMILES string of the molecule is CCCCCC[C@@H]1CO[C@@H]([C@@H](O)[C@](C)(O)[C@H]2CC[C@@]3(O)C4=C(NC[C@H](C)O)C(=O)[C@@H]5C[C@@H](O)[C@@H](O)C[C@]5(CCCC5=CCNC(N)=C5)[C@H]4CC[C@]23C)[C@H]1C. The van der Waals surface area contributed by atoms with E-state index in [9.17, 15) is 35.4 Å². The smallest absolute Gasteiger partial charge is 0.182 e. The highest BCUT2D eigenvalue weighted by Gasteiger charge is 2.71. The lowest BCUT2D eigenvalue weighted by molar-refractivity contribution is -0.196. The molecule has 0 spiro atoms. The molecule has 14 atom stereocenters. The Labute approximate surface area is 322 Å². The zero-order valence-corrected chi connectivity index (χ0v) is 33.5. The molecule has 0 aromatic rings. The average Bonchev–Trinajstić information content (AvgIpc) is 3.62. The second kappa shape index (κ2) is 16.1. The Kier molecular flexibility index (Phi) is 12.4. The first kappa shape index (κ1) is 41.6. The van der Waals surface area contributed by atoms with Gasteiger partial charge in [0.25, 0.3) is 0 Å². The van der Waals surface area contributed by atoms with Crippen LogP contribution in [0.4, 0.5) is 0 Å². The van der Waals surface area contributed by atoms with Crippen LogP contribution in [0.5, 0.6) is 0 Å². The van der Waals surface area contributed by atoms with Crippen LogP contribution >= 0.6 is 0 Å². The van der Waals surface area contributed by atoms with Gasteiger partial charge in [-0.15, -0.1) is 0 Å². The second-order valence-corrected chi connectivity index (χ2v) is 18.8. The van der Waals surface area contributed by atoms with E-state index in [1.54, 1.807) is 13.8 Å². The van der Waals surface area contributed by atoms with Crippen LogP contribution in [0.15, 0.2) is 34.8 Å². The first-order chi connectivity index (χ1) is 25.5. The number of ether oxygens (including phenoxy) is 1. The Morgan fingerprint density at radius 3 is 2.57 bits per heavy atom. The van der Waals surface area contributed by atoms with Gasteiger partial charge in [0, 0.05) is 24.4 Å². The third-order valence-corrected chi connectivity index (χ3v) is 15.5. The molecule has 0 aromatic heterocycles. The molecule has 54 heavy (non-hydrogen) atoms. The lowest BCUT2D eigenvalue weighted by Gasteiger charge is -2.62. The number of rotatable bonds is 15. The van der Waals surface area contributed by atoms with Crippen molar-refractivity contribution in [2.24, 2.45) is 46.2 Å². The topological polar surface area (TPSA) is 198 Å². The summed E-state index contributed by atoms with van der Waals surface area (Å²) >= 11 is 0. The molecule has 3 saturated carbocycles. The summed E-state index contributed by atoms with van der Waals surface area (Å²) < 4.78 is 6.26. The summed E-state index contributed by atoms with van der Waals surface area (Å²) in [6.07, 6.45) is 9.65. The highest BCUT2D eigenvalue weighted by molar-refractivity contribution is 6.00. The van der Waals surface area contributed by atoms with Gasteiger partial charge in [-0.05, 0) is 124 Å². The number of aliphatic hydroxyl groups is 6. The van der Waals surface area contributed by atoms with E-state index in [1.165, 1.54) is 19.3 Å². The molecular weight excluding hydrogens is 686 g/mol. The van der Waals surface area contributed by atoms with Gasteiger partial charge >= 0.3 is 0 Å². The Hall–Kier alpha value is -1.99. The number of allylic oxidation sites excluding steroid dienone is 3. The molecule has 0 amide bonds. The van der Waals surface area contributed by atoms with Crippen molar-refractivity contribution in [3.05, 3.63) is 34.8 Å². The van der Waals surface area contributed by atoms with Crippen molar-refractivity contribution in [1.82, 2.24) is 10.6 Å². The van der Waals surface area contributed by atoms with Gasteiger partial charge in [0.1, 0.15) is 6.10 Å². The predicted octanol–water partition coefficient (Wildman–Crippen LogP) is 3.70. The number of hydrogen-bond donors (Lipinski definition) is 9. The Bertz CT molecular complexity index is 1460. The first-order valence-electron chi connectivity index (χ1n) is 21.2. The monoisotopic (exact) mass is 758 g/mol. The highest BCUT2D eigenvalue weighted by atomic mass is 16.5. The van der Waals surface area contributed by atoms with Crippen LogP contribution in [0.1, 0.15) is 125 Å². The molecular formula is C43H71N3O8. The minimum Gasteiger partial charge on any atom is -0.392 e. The van der Waals surface area contributed by atoms with E-state index < -0.39 is 64.4 Å². The molecule has 4 aliphatic carbocycles. The van der Waals surface area contributed by atoms with Gasteiger partial charge in [-0.2, -0.15) is 0 Å². The Balaban J connectivity index is 1.33. The number of Topliss-reactive ketones (excluding diaryl/α,β-unsaturated/α-hetero) is 1. The maximum Gasteiger partial charge on any atom is 0.182 e. The number of dihydropyridines is 1. The Morgan fingerprint density at radius 2 is 1.87 bits per heavy atom. The summed E-state index contributed by atoms with van der Waals surface area (Å²) in [5.74, 6) is -0.531. The van der Waals surface area contributed by atoms with Crippen molar-refractivity contribution < 1.29 is 40.2 Å². The van der Waals surface area contributed by atoms with Crippen LogP contribution in [0.25, 0.3) is 0 Å². The number of fused-ring (bicyclic) bond motifs is 5. The van der Waals surface area contributed by atoms with Crippen LogP contribution in [0.2, 0.25) is 0 Å². The number of carbonyl (C=O) groups is 1. The molecule has 306 valence electrons. The van der Waals surface area contributed by atoms with E-state index >= 15 is 0 Å². The normalized spacial score (nSPS) is 41.5. The van der Waals surface area contributed by atoms with Crippen molar-refractivity contribution >= 4 is 5.78 Å². The number of unbranched alkanes of at least 4 members (excludes halogenated alkanes) is 3. The van der Waals surface area contributed by atoms with E-state index in [-0.39, 0.29) is 37.0 Å². The molecule has 0 unspecified atom stereocenters. The third kappa shape index (κ3) is 7.22. The summed E-state index contributed by atoms with van der Waals surface area (Å²) in [6.45, 7) is 11.0. The van der Waals surface area contributed by atoms with Gasteiger partial charge < -0.3 is 51.7 Å². The van der Waals surface area contributed by atoms with Crippen LogP contribution in [0, 0.1) is 40.4 Å². The fraction of sp³-hybridized carbons (Fsp3) is 0.837.